The minimum Gasteiger partial charge on any atom is -0.456 e. The van der Waals surface area contributed by atoms with Gasteiger partial charge in [-0.25, -0.2) is 0 Å². The van der Waals surface area contributed by atoms with Gasteiger partial charge < -0.3 is 4.42 Å². The Hall–Kier alpha value is -3.81. The van der Waals surface area contributed by atoms with Crippen LogP contribution in [0.5, 0.6) is 0 Å². The molecule has 0 aliphatic carbocycles. The summed E-state index contributed by atoms with van der Waals surface area (Å²) in [5, 5.41) is 10.6. The van der Waals surface area contributed by atoms with Gasteiger partial charge in [-0.15, -0.1) is 0 Å². The van der Waals surface area contributed by atoms with Crippen molar-refractivity contribution in [3.8, 4) is 11.1 Å². The molecule has 2 heteroatoms. The number of benzene rings is 6. The van der Waals surface area contributed by atoms with E-state index in [0.717, 1.165) is 27.5 Å². The maximum Gasteiger partial charge on any atom is 0.136 e. The van der Waals surface area contributed by atoms with Gasteiger partial charge in [-0.2, -0.15) is 0 Å². The Morgan fingerprint density at radius 3 is 1.53 bits per heavy atom. The van der Waals surface area contributed by atoms with Gasteiger partial charge in [0.05, 0.1) is 0 Å². The van der Waals surface area contributed by atoms with E-state index in [1.165, 1.54) is 37.9 Å². The van der Waals surface area contributed by atoms with E-state index in [1.54, 1.807) is 0 Å². The van der Waals surface area contributed by atoms with Gasteiger partial charge in [0.15, 0.2) is 0 Å². The Bertz CT molecular complexity index is 1810. The smallest absolute Gasteiger partial charge is 0.136 e. The standard InChI is InChI=1S/C30H17ClO/c31-20-11-14-27-26-13-10-19(16-29(26)32-30(27)17-20)18-9-12-25-23-7-2-1-5-21(23)22-6-3-4-8-24(22)28(25)15-18/h1-17H. The molecule has 0 spiro atoms. The van der Waals surface area contributed by atoms with Crippen LogP contribution in [0.15, 0.2) is 108 Å². The molecule has 7 aromatic rings. The summed E-state index contributed by atoms with van der Waals surface area (Å²) >= 11 is 6.16. The molecular formula is C30H17ClO. The molecule has 0 radical (unpaired) electrons. The summed E-state index contributed by atoms with van der Waals surface area (Å²) in [6, 6.07) is 36.4. The maximum absolute atomic E-state index is 6.16. The van der Waals surface area contributed by atoms with Crippen LogP contribution in [0.3, 0.4) is 0 Å². The lowest BCUT2D eigenvalue weighted by Gasteiger charge is -2.12. The molecular weight excluding hydrogens is 412 g/mol. The lowest BCUT2D eigenvalue weighted by atomic mass is 9.92. The van der Waals surface area contributed by atoms with Crippen molar-refractivity contribution in [2.24, 2.45) is 0 Å². The highest BCUT2D eigenvalue weighted by atomic mass is 35.5. The quantitative estimate of drug-likeness (QED) is 0.237. The van der Waals surface area contributed by atoms with Crippen molar-refractivity contribution < 1.29 is 4.42 Å². The first-order valence-corrected chi connectivity index (χ1v) is 11.1. The van der Waals surface area contributed by atoms with Crippen LogP contribution in [0, 0.1) is 0 Å². The fourth-order valence-corrected chi connectivity index (χ4v) is 5.18. The minimum absolute atomic E-state index is 0.686. The zero-order valence-corrected chi connectivity index (χ0v) is 17.9. The number of hydrogen-bond acceptors (Lipinski definition) is 1. The number of fused-ring (bicyclic) bond motifs is 9. The molecule has 0 bridgehead atoms. The van der Waals surface area contributed by atoms with Gasteiger partial charge in [0.1, 0.15) is 11.2 Å². The number of hydrogen-bond donors (Lipinski definition) is 0. The van der Waals surface area contributed by atoms with Crippen molar-refractivity contribution in [2.45, 2.75) is 0 Å². The van der Waals surface area contributed by atoms with Crippen LogP contribution in [0.2, 0.25) is 5.02 Å². The summed E-state index contributed by atoms with van der Waals surface area (Å²) in [4.78, 5) is 0. The van der Waals surface area contributed by atoms with E-state index in [-0.39, 0.29) is 0 Å². The predicted molar refractivity (Wildman–Crippen MR) is 137 cm³/mol. The van der Waals surface area contributed by atoms with E-state index < -0.39 is 0 Å². The number of halogens is 1. The maximum atomic E-state index is 6.16. The molecule has 7 rings (SSSR count). The van der Waals surface area contributed by atoms with E-state index in [4.69, 9.17) is 16.0 Å². The zero-order valence-electron chi connectivity index (χ0n) is 17.1. The summed E-state index contributed by atoms with van der Waals surface area (Å²) in [6.45, 7) is 0. The number of furan rings is 1. The van der Waals surface area contributed by atoms with Gasteiger partial charge in [-0.1, -0.05) is 78.3 Å². The molecule has 0 aliphatic rings. The average molecular weight is 429 g/mol. The fraction of sp³-hybridized carbons (Fsp3) is 0. The molecule has 0 unspecified atom stereocenters. The van der Waals surface area contributed by atoms with E-state index in [0.29, 0.717) is 5.02 Å². The summed E-state index contributed by atoms with van der Waals surface area (Å²) in [5.74, 6) is 0. The Labute approximate surface area is 189 Å². The van der Waals surface area contributed by atoms with Gasteiger partial charge in [-0.3, -0.25) is 0 Å². The third kappa shape index (κ3) is 2.52. The highest BCUT2D eigenvalue weighted by molar-refractivity contribution is 6.31. The lowest BCUT2D eigenvalue weighted by Crippen LogP contribution is -1.85. The predicted octanol–water partition coefficient (Wildman–Crippen LogP) is 9.37. The molecule has 0 aliphatic heterocycles. The Morgan fingerprint density at radius 2 is 0.875 bits per heavy atom. The van der Waals surface area contributed by atoms with Gasteiger partial charge in [0, 0.05) is 21.9 Å². The molecule has 0 saturated carbocycles. The molecule has 32 heavy (non-hydrogen) atoms. The van der Waals surface area contributed by atoms with E-state index in [1.807, 2.05) is 18.2 Å². The second kappa shape index (κ2) is 6.59. The first kappa shape index (κ1) is 17.8. The Kier molecular flexibility index (Phi) is 3.67. The number of rotatable bonds is 1. The van der Waals surface area contributed by atoms with Crippen LogP contribution in [0.1, 0.15) is 0 Å². The van der Waals surface area contributed by atoms with E-state index in [2.05, 4.69) is 84.9 Å². The van der Waals surface area contributed by atoms with Crippen LogP contribution in [0.25, 0.3) is 65.4 Å². The molecule has 0 saturated heterocycles. The summed E-state index contributed by atoms with van der Waals surface area (Å²) in [6.07, 6.45) is 0. The van der Waals surface area contributed by atoms with Crippen molar-refractivity contribution in [3.63, 3.8) is 0 Å². The third-order valence-electron chi connectivity index (χ3n) is 6.51. The van der Waals surface area contributed by atoms with Crippen molar-refractivity contribution in [2.75, 3.05) is 0 Å². The molecule has 1 aromatic heterocycles. The van der Waals surface area contributed by atoms with Crippen LogP contribution >= 0.6 is 11.6 Å². The van der Waals surface area contributed by atoms with Crippen molar-refractivity contribution >= 4 is 65.9 Å². The summed E-state index contributed by atoms with van der Waals surface area (Å²) in [5.41, 5.74) is 4.02. The second-order valence-corrected chi connectivity index (χ2v) is 8.74. The lowest BCUT2D eigenvalue weighted by molar-refractivity contribution is 0.669. The molecule has 1 nitrogen and oxygen atoms in total. The minimum atomic E-state index is 0.686. The van der Waals surface area contributed by atoms with E-state index >= 15 is 0 Å². The van der Waals surface area contributed by atoms with Gasteiger partial charge in [0.2, 0.25) is 0 Å². The normalized spacial score (nSPS) is 11.9. The molecule has 0 fully saturated rings. The third-order valence-corrected chi connectivity index (χ3v) is 6.75. The molecule has 6 aromatic carbocycles. The van der Waals surface area contributed by atoms with Gasteiger partial charge in [-0.05, 0) is 73.8 Å². The second-order valence-electron chi connectivity index (χ2n) is 8.31. The molecule has 0 atom stereocenters. The fourth-order valence-electron chi connectivity index (χ4n) is 5.02. The van der Waals surface area contributed by atoms with Crippen LogP contribution in [-0.2, 0) is 0 Å². The van der Waals surface area contributed by atoms with E-state index in [9.17, 15) is 0 Å². The molecule has 150 valence electrons. The Balaban J connectivity index is 1.51. The summed E-state index contributed by atoms with van der Waals surface area (Å²) in [7, 11) is 0. The van der Waals surface area contributed by atoms with Crippen LogP contribution < -0.4 is 0 Å². The highest BCUT2D eigenvalue weighted by Crippen LogP contribution is 2.38. The summed E-state index contributed by atoms with van der Waals surface area (Å²) < 4.78 is 6.13. The SMILES string of the molecule is Clc1ccc2c(c1)oc1cc(-c3ccc4c5ccccc5c5ccccc5c4c3)ccc12. The molecule has 0 amide bonds. The van der Waals surface area contributed by atoms with Crippen LogP contribution in [-0.4, -0.2) is 0 Å². The van der Waals surface area contributed by atoms with Gasteiger partial charge in [0.25, 0.3) is 0 Å². The van der Waals surface area contributed by atoms with Crippen molar-refractivity contribution in [1.82, 2.24) is 0 Å². The largest absolute Gasteiger partial charge is 0.456 e. The zero-order chi connectivity index (χ0) is 21.2. The van der Waals surface area contributed by atoms with Gasteiger partial charge >= 0.3 is 0 Å². The first-order chi connectivity index (χ1) is 15.8. The van der Waals surface area contributed by atoms with Crippen molar-refractivity contribution in [3.05, 3.63) is 108 Å². The molecule has 0 N–H and O–H groups in total. The highest BCUT2D eigenvalue weighted by Gasteiger charge is 2.12. The monoisotopic (exact) mass is 428 g/mol. The first-order valence-electron chi connectivity index (χ1n) is 10.7. The topological polar surface area (TPSA) is 13.1 Å². The Morgan fingerprint density at radius 1 is 0.406 bits per heavy atom. The molecule has 1 heterocycles. The van der Waals surface area contributed by atoms with Crippen LogP contribution in [0.4, 0.5) is 0 Å². The van der Waals surface area contributed by atoms with Crippen molar-refractivity contribution in [1.29, 1.82) is 0 Å². The average Bonchev–Trinajstić information content (AvgIpc) is 3.20.